The molecule has 2 nitrogen and oxygen atoms in total. The summed E-state index contributed by atoms with van der Waals surface area (Å²) in [7, 11) is 0. The largest absolute Gasteiger partial charge is 0.373 e. The molecular weight excluding hydrogens is 260 g/mol. The molecule has 0 N–H and O–H groups in total. The molecule has 1 spiro atoms. The number of carbonyl (C=O) groups is 1. The van der Waals surface area contributed by atoms with Crippen molar-refractivity contribution in [1.82, 2.24) is 0 Å². The summed E-state index contributed by atoms with van der Waals surface area (Å²) in [6, 6.07) is 10.4. The van der Waals surface area contributed by atoms with Gasteiger partial charge in [0.2, 0.25) is 0 Å². The highest BCUT2D eigenvalue weighted by atomic mass is 16.5. The van der Waals surface area contributed by atoms with Crippen molar-refractivity contribution in [2.45, 2.75) is 44.8 Å². The standard InChI is InChI=1S/C19H22O2/c20-17-9-10-19-12-15(17)11-16(19)7-4-8-18(19)21-13-14-5-2-1-3-6-14/h1-3,5-6,9-10,15-16,18H,4,7-8,11-13H2/t15?,16-,18-,19+/m0/s1. The third kappa shape index (κ3) is 2.17. The molecule has 2 heteroatoms. The van der Waals surface area contributed by atoms with Gasteiger partial charge >= 0.3 is 0 Å². The van der Waals surface area contributed by atoms with Crippen molar-refractivity contribution in [1.29, 1.82) is 0 Å². The predicted octanol–water partition coefficient (Wildman–Crippen LogP) is 3.91. The van der Waals surface area contributed by atoms with E-state index < -0.39 is 0 Å². The third-order valence-corrected chi connectivity index (χ3v) is 5.80. The normalized spacial score (nSPS) is 37.5. The number of hydrogen-bond donors (Lipinski definition) is 0. The van der Waals surface area contributed by atoms with Gasteiger partial charge in [0.1, 0.15) is 0 Å². The topological polar surface area (TPSA) is 26.3 Å². The fourth-order valence-corrected chi connectivity index (χ4v) is 4.75. The van der Waals surface area contributed by atoms with Gasteiger partial charge in [-0.15, -0.1) is 0 Å². The summed E-state index contributed by atoms with van der Waals surface area (Å²) in [5.41, 5.74) is 1.38. The van der Waals surface area contributed by atoms with Crippen molar-refractivity contribution < 1.29 is 9.53 Å². The summed E-state index contributed by atoms with van der Waals surface area (Å²) in [6.45, 7) is 0.687. The molecule has 2 bridgehead atoms. The maximum Gasteiger partial charge on any atom is 0.158 e. The zero-order valence-electron chi connectivity index (χ0n) is 12.3. The van der Waals surface area contributed by atoms with Gasteiger partial charge in [0.25, 0.3) is 0 Å². The highest BCUT2D eigenvalue weighted by Gasteiger charge is 2.55. The van der Waals surface area contributed by atoms with Gasteiger partial charge in [0.15, 0.2) is 5.78 Å². The average molecular weight is 282 g/mol. The van der Waals surface area contributed by atoms with Gasteiger partial charge < -0.3 is 4.74 Å². The number of carbonyl (C=O) groups excluding carboxylic acids is 1. The second-order valence-corrected chi connectivity index (χ2v) is 6.90. The Morgan fingerprint density at radius 1 is 1.19 bits per heavy atom. The minimum absolute atomic E-state index is 0.144. The lowest BCUT2D eigenvalue weighted by atomic mass is 9.65. The van der Waals surface area contributed by atoms with E-state index in [4.69, 9.17) is 4.74 Å². The molecule has 0 aromatic heterocycles. The summed E-state index contributed by atoms with van der Waals surface area (Å²) in [5.74, 6) is 1.26. The lowest BCUT2D eigenvalue weighted by Gasteiger charge is -2.44. The molecule has 3 aliphatic carbocycles. The molecule has 0 saturated heterocycles. The minimum Gasteiger partial charge on any atom is -0.373 e. The van der Waals surface area contributed by atoms with Crippen LogP contribution in [0.1, 0.15) is 37.7 Å². The van der Waals surface area contributed by atoms with Crippen LogP contribution in [-0.2, 0) is 16.1 Å². The first-order valence-electron chi connectivity index (χ1n) is 8.16. The van der Waals surface area contributed by atoms with Crippen molar-refractivity contribution >= 4 is 5.78 Å². The Morgan fingerprint density at radius 2 is 2.05 bits per heavy atom. The van der Waals surface area contributed by atoms with E-state index in [1.165, 1.54) is 18.4 Å². The van der Waals surface area contributed by atoms with Crippen LogP contribution in [0.4, 0.5) is 0 Å². The molecule has 0 aliphatic heterocycles. The first kappa shape index (κ1) is 13.3. The monoisotopic (exact) mass is 282 g/mol. The second kappa shape index (κ2) is 5.10. The molecule has 0 amide bonds. The third-order valence-electron chi connectivity index (χ3n) is 5.80. The van der Waals surface area contributed by atoms with Crippen LogP contribution in [0.25, 0.3) is 0 Å². The van der Waals surface area contributed by atoms with Crippen LogP contribution in [0.2, 0.25) is 0 Å². The molecule has 3 aliphatic rings. The van der Waals surface area contributed by atoms with Crippen LogP contribution in [0.5, 0.6) is 0 Å². The molecule has 110 valence electrons. The van der Waals surface area contributed by atoms with Crippen LogP contribution < -0.4 is 0 Å². The van der Waals surface area contributed by atoms with Crippen LogP contribution in [0, 0.1) is 17.3 Å². The Labute approximate surface area is 126 Å². The number of allylic oxidation sites excluding steroid dienone is 1. The summed E-state index contributed by atoms with van der Waals surface area (Å²) in [4.78, 5) is 12.0. The van der Waals surface area contributed by atoms with Gasteiger partial charge in [-0.3, -0.25) is 4.79 Å². The van der Waals surface area contributed by atoms with Crippen molar-refractivity contribution in [3.8, 4) is 0 Å². The smallest absolute Gasteiger partial charge is 0.158 e. The fourth-order valence-electron chi connectivity index (χ4n) is 4.75. The number of ether oxygens (including phenoxy) is 1. The van der Waals surface area contributed by atoms with Crippen molar-refractivity contribution in [3.63, 3.8) is 0 Å². The summed E-state index contributed by atoms with van der Waals surface area (Å²) < 4.78 is 6.33. The van der Waals surface area contributed by atoms with Crippen LogP contribution >= 0.6 is 0 Å². The molecule has 21 heavy (non-hydrogen) atoms. The fraction of sp³-hybridized carbons (Fsp3) is 0.526. The molecule has 1 unspecified atom stereocenters. The quantitative estimate of drug-likeness (QED) is 0.840. The molecule has 0 radical (unpaired) electrons. The SMILES string of the molecule is O=C1C=C[C@@]23CC1C[C@@H]2CCC[C@@H]3OCc1ccccc1. The first-order valence-corrected chi connectivity index (χ1v) is 8.16. The van der Waals surface area contributed by atoms with E-state index in [0.717, 1.165) is 19.3 Å². The number of hydrogen-bond acceptors (Lipinski definition) is 2. The van der Waals surface area contributed by atoms with E-state index in [9.17, 15) is 4.79 Å². The van der Waals surface area contributed by atoms with Gasteiger partial charge in [0.05, 0.1) is 12.7 Å². The van der Waals surface area contributed by atoms with Gasteiger partial charge in [-0.2, -0.15) is 0 Å². The van der Waals surface area contributed by atoms with E-state index >= 15 is 0 Å². The van der Waals surface area contributed by atoms with Gasteiger partial charge in [-0.05, 0) is 43.2 Å². The maximum atomic E-state index is 12.0. The lowest BCUT2D eigenvalue weighted by Crippen LogP contribution is -2.43. The molecule has 2 saturated carbocycles. The Kier molecular flexibility index (Phi) is 3.22. The van der Waals surface area contributed by atoms with Crippen LogP contribution in [0.15, 0.2) is 42.5 Å². The number of benzene rings is 1. The van der Waals surface area contributed by atoms with Crippen molar-refractivity contribution in [2.75, 3.05) is 0 Å². The van der Waals surface area contributed by atoms with E-state index in [2.05, 4.69) is 30.3 Å². The number of ketones is 1. The molecule has 4 rings (SSSR count). The Hall–Kier alpha value is -1.41. The first-order chi connectivity index (χ1) is 10.3. The van der Waals surface area contributed by atoms with Gasteiger partial charge in [-0.1, -0.05) is 42.8 Å². The van der Waals surface area contributed by atoms with E-state index in [0.29, 0.717) is 18.3 Å². The molecule has 1 aromatic rings. The summed E-state index contributed by atoms with van der Waals surface area (Å²) >= 11 is 0. The minimum atomic E-state index is 0.144. The lowest BCUT2D eigenvalue weighted by molar-refractivity contribution is -0.119. The molecular formula is C19H22O2. The summed E-state index contributed by atoms with van der Waals surface area (Å²) in [6.07, 6.45) is 10.1. The molecule has 1 aromatic carbocycles. The Balaban J connectivity index is 1.54. The second-order valence-electron chi connectivity index (χ2n) is 6.90. The Morgan fingerprint density at radius 3 is 2.90 bits per heavy atom. The van der Waals surface area contributed by atoms with E-state index in [1.54, 1.807) is 0 Å². The zero-order chi connectivity index (χ0) is 14.3. The molecule has 4 atom stereocenters. The van der Waals surface area contributed by atoms with Gasteiger partial charge in [0, 0.05) is 11.3 Å². The number of fused-ring (bicyclic) bond motifs is 1. The predicted molar refractivity (Wildman–Crippen MR) is 81.7 cm³/mol. The van der Waals surface area contributed by atoms with Crippen LogP contribution in [-0.4, -0.2) is 11.9 Å². The van der Waals surface area contributed by atoms with Crippen molar-refractivity contribution in [3.05, 3.63) is 48.0 Å². The summed E-state index contributed by atoms with van der Waals surface area (Å²) in [5, 5.41) is 0. The molecule has 0 heterocycles. The maximum absolute atomic E-state index is 12.0. The van der Waals surface area contributed by atoms with Crippen molar-refractivity contribution in [2.24, 2.45) is 17.3 Å². The van der Waals surface area contributed by atoms with E-state index in [-0.39, 0.29) is 17.4 Å². The average Bonchev–Trinajstić information content (AvgIpc) is 2.85. The highest BCUT2D eigenvalue weighted by molar-refractivity contribution is 5.93. The molecule has 2 fully saturated rings. The van der Waals surface area contributed by atoms with Crippen LogP contribution in [0.3, 0.4) is 0 Å². The van der Waals surface area contributed by atoms with E-state index in [1.807, 2.05) is 12.1 Å². The highest BCUT2D eigenvalue weighted by Crippen LogP contribution is 2.58. The van der Waals surface area contributed by atoms with Gasteiger partial charge in [-0.25, -0.2) is 0 Å². The number of rotatable bonds is 3. The zero-order valence-corrected chi connectivity index (χ0v) is 12.3. The Bertz CT molecular complexity index is 562.